The SMILES string of the molecule is C=CCC[C@@H](OC)[C@@H](C)C(=O)N[C@H](C(=O)N[C@@H](C)C(=O)N1CCC[C@@H](C(=O)N(C)C2CCc3ccc(C=C)cc32)N1)C(C)C. The van der Waals surface area contributed by atoms with Crippen molar-refractivity contribution in [3.8, 4) is 0 Å². The van der Waals surface area contributed by atoms with E-state index in [9.17, 15) is 19.2 Å². The molecule has 1 saturated heterocycles. The third-order valence-electron chi connectivity index (χ3n) is 8.92. The molecule has 1 fully saturated rings. The molecule has 0 radical (unpaired) electrons. The number of ether oxygens (including phenoxy) is 1. The second-order valence-corrected chi connectivity index (χ2v) is 12.4. The van der Waals surface area contributed by atoms with Crippen molar-refractivity contribution in [2.24, 2.45) is 11.8 Å². The molecule has 4 amide bonds. The molecule has 10 heteroatoms. The molecule has 2 aliphatic rings. The van der Waals surface area contributed by atoms with Gasteiger partial charge in [-0.15, -0.1) is 6.58 Å². The lowest BCUT2D eigenvalue weighted by atomic mass is 9.97. The van der Waals surface area contributed by atoms with E-state index in [-0.39, 0.29) is 35.8 Å². The molecule has 6 atom stereocenters. The third-order valence-corrected chi connectivity index (χ3v) is 8.92. The average Bonchev–Trinajstić information content (AvgIpc) is 3.45. The Labute approximate surface area is 262 Å². The second-order valence-electron chi connectivity index (χ2n) is 12.4. The van der Waals surface area contributed by atoms with Gasteiger partial charge in [0.25, 0.3) is 5.91 Å². The normalized spacial score (nSPS) is 20.6. The highest BCUT2D eigenvalue weighted by atomic mass is 16.5. The van der Waals surface area contributed by atoms with E-state index in [4.69, 9.17) is 4.74 Å². The van der Waals surface area contributed by atoms with Gasteiger partial charge in [0, 0.05) is 20.7 Å². The first kappa shape index (κ1) is 35.0. The maximum Gasteiger partial charge on any atom is 0.258 e. The lowest BCUT2D eigenvalue weighted by Crippen LogP contribution is -2.62. The molecule has 10 nitrogen and oxygen atoms in total. The van der Waals surface area contributed by atoms with Gasteiger partial charge in [0.1, 0.15) is 18.1 Å². The lowest BCUT2D eigenvalue weighted by Gasteiger charge is -2.37. The van der Waals surface area contributed by atoms with Crippen molar-refractivity contribution in [3.05, 3.63) is 54.1 Å². The topological polar surface area (TPSA) is 120 Å². The summed E-state index contributed by atoms with van der Waals surface area (Å²) in [7, 11) is 3.39. The van der Waals surface area contributed by atoms with E-state index in [0.717, 1.165) is 24.0 Å². The molecule has 0 saturated carbocycles. The number of hydrazine groups is 1. The number of likely N-dealkylation sites (N-methyl/N-ethyl adjacent to an activating group) is 1. The van der Waals surface area contributed by atoms with Crippen LogP contribution in [0.2, 0.25) is 0 Å². The minimum atomic E-state index is -0.865. The van der Waals surface area contributed by atoms with Crippen LogP contribution in [0.4, 0.5) is 0 Å². The number of hydrogen-bond donors (Lipinski definition) is 3. The quantitative estimate of drug-likeness (QED) is 0.278. The molecule has 44 heavy (non-hydrogen) atoms. The zero-order valence-corrected chi connectivity index (χ0v) is 27.2. The number of allylic oxidation sites excluding steroid dienone is 1. The molecular formula is C34H51N5O5. The molecule has 1 aromatic carbocycles. The fourth-order valence-electron chi connectivity index (χ4n) is 6.09. The van der Waals surface area contributed by atoms with Crippen LogP contribution in [0, 0.1) is 11.8 Å². The zero-order valence-electron chi connectivity index (χ0n) is 27.2. The Morgan fingerprint density at radius 3 is 2.48 bits per heavy atom. The number of carbonyl (C=O) groups is 4. The van der Waals surface area contributed by atoms with Gasteiger partial charge in [0.15, 0.2) is 0 Å². The summed E-state index contributed by atoms with van der Waals surface area (Å²) in [6.45, 7) is 15.1. The highest BCUT2D eigenvalue weighted by Crippen LogP contribution is 2.36. The minimum Gasteiger partial charge on any atom is -0.381 e. The molecule has 1 heterocycles. The Bertz CT molecular complexity index is 1220. The number of methoxy groups -OCH3 is 1. The van der Waals surface area contributed by atoms with E-state index in [1.165, 1.54) is 10.6 Å². The average molecular weight is 610 g/mol. The van der Waals surface area contributed by atoms with Crippen molar-refractivity contribution >= 4 is 29.7 Å². The van der Waals surface area contributed by atoms with Crippen LogP contribution >= 0.6 is 0 Å². The molecule has 3 N–H and O–H groups in total. The maximum atomic E-state index is 13.6. The van der Waals surface area contributed by atoms with Crippen LogP contribution in [-0.2, 0) is 30.3 Å². The van der Waals surface area contributed by atoms with Crippen LogP contribution in [0.5, 0.6) is 0 Å². The van der Waals surface area contributed by atoms with Crippen LogP contribution < -0.4 is 16.1 Å². The fraction of sp³-hybridized carbons (Fsp3) is 0.588. The first-order valence-electron chi connectivity index (χ1n) is 15.8. The van der Waals surface area contributed by atoms with Crippen LogP contribution in [0.1, 0.15) is 82.5 Å². The molecular weight excluding hydrogens is 558 g/mol. The van der Waals surface area contributed by atoms with Gasteiger partial charge in [-0.3, -0.25) is 24.2 Å². The number of carbonyl (C=O) groups excluding carboxylic acids is 4. The standard InChI is InChI=1S/C34H51N5O5/c1-9-11-14-29(44-8)22(5)31(40)36-30(21(3)4)32(41)35-23(6)33(42)39-19-12-13-27(37-39)34(43)38(7)28-18-17-25-16-15-24(10-2)20-26(25)28/h9-10,15-16,20-23,27-30,37H,1-2,11-14,17-19H2,3-8H3,(H,35,41)(H,36,40)/t22-,23+,27+,28?,29-,30+/m1/s1. The molecule has 1 aromatic rings. The molecule has 1 aliphatic heterocycles. The summed E-state index contributed by atoms with van der Waals surface area (Å²) in [6, 6.07) is 3.98. The Kier molecular flexibility index (Phi) is 12.7. The first-order chi connectivity index (χ1) is 20.9. The highest BCUT2D eigenvalue weighted by molar-refractivity contribution is 5.92. The van der Waals surface area contributed by atoms with Gasteiger partial charge >= 0.3 is 0 Å². The van der Waals surface area contributed by atoms with Gasteiger partial charge in [0.05, 0.1) is 18.1 Å². The predicted molar refractivity (Wildman–Crippen MR) is 172 cm³/mol. The molecule has 1 aliphatic carbocycles. The number of fused-ring (bicyclic) bond motifs is 1. The van der Waals surface area contributed by atoms with Gasteiger partial charge < -0.3 is 20.3 Å². The van der Waals surface area contributed by atoms with Crippen LogP contribution in [0.15, 0.2) is 37.4 Å². The van der Waals surface area contributed by atoms with Crippen molar-refractivity contribution in [1.82, 2.24) is 26.0 Å². The number of nitrogens with one attached hydrogen (secondary N) is 3. The monoisotopic (exact) mass is 609 g/mol. The highest BCUT2D eigenvalue weighted by Gasteiger charge is 2.37. The molecule has 1 unspecified atom stereocenters. The van der Waals surface area contributed by atoms with Crippen molar-refractivity contribution in [2.75, 3.05) is 20.7 Å². The first-order valence-corrected chi connectivity index (χ1v) is 15.8. The summed E-state index contributed by atoms with van der Waals surface area (Å²) in [5.74, 6) is -1.82. The van der Waals surface area contributed by atoms with E-state index < -0.39 is 30.0 Å². The second kappa shape index (κ2) is 16.0. The molecule has 0 aromatic heterocycles. The summed E-state index contributed by atoms with van der Waals surface area (Å²) < 4.78 is 5.50. The van der Waals surface area contributed by atoms with E-state index >= 15 is 0 Å². The van der Waals surface area contributed by atoms with Crippen molar-refractivity contribution in [3.63, 3.8) is 0 Å². The number of hydrogen-bond acceptors (Lipinski definition) is 6. The minimum absolute atomic E-state index is 0.0319. The van der Waals surface area contributed by atoms with Crippen LogP contribution in [0.3, 0.4) is 0 Å². The van der Waals surface area contributed by atoms with Gasteiger partial charge in [-0.1, -0.05) is 51.6 Å². The van der Waals surface area contributed by atoms with Gasteiger partial charge in [0.2, 0.25) is 17.7 Å². The Hall–Kier alpha value is -3.50. The number of aryl methyl sites for hydroxylation is 1. The van der Waals surface area contributed by atoms with Crippen molar-refractivity contribution < 1.29 is 23.9 Å². The number of nitrogens with zero attached hydrogens (tertiary/aromatic N) is 2. The Balaban J connectivity index is 1.60. The van der Waals surface area contributed by atoms with Crippen LogP contribution in [0.25, 0.3) is 6.08 Å². The number of amides is 4. The van der Waals surface area contributed by atoms with Gasteiger partial charge in [-0.05, 0) is 74.1 Å². The van der Waals surface area contributed by atoms with Crippen molar-refractivity contribution in [1.29, 1.82) is 0 Å². The van der Waals surface area contributed by atoms with Crippen molar-refractivity contribution in [2.45, 2.75) is 96.5 Å². The molecule has 0 spiro atoms. The lowest BCUT2D eigenvalue weighted by molar-refractivity contribution is -0.146. The summed E-state index contributed by atoms with van der Waals surface area (Å²) >= 11 is 0. The largest absolute Gasteiger partial charge is 0.381 e. The van der Waals surface area contributed by atoms with E-state index in [0.29, 0.717) is 32.2 Å². The Morgan fingerprint density at radius 2 is 1.84 bits per heavy atom. The predicted octanol–water partition coefficient (Wildman–Crippen LogP) is 3.53. The van der Waals surface area contributed by atoms with E-state index in [1.807, 2.05) is 33.0 Å². The summed E-state index contributed by atoms with van der Waals surface area (Å²) in [5, 5.41) is 7.08. The summed E-state index contributed by atoms with van der Waals surface area (Å²) in [5.41, 5.74) is 6.54. The number of benzene rings is 1. The van der Waals surface area contributed by atoms with E-state index in [2.05, 4.69) is 41.3 Å². The maximum absolute atomic E-state index is 13.6. The van der Waals surface area contributed by atoms with Crippen LogP contribution in [-0.4, -0.2) is 78.5 Å². The van der Waals surface area contributed by atoms with Gasteiger partial charge in [-0.2, -0.15) is 0 Å². The zero-order chi connectivity index (χ0) is 32.6. The fourth-order valence-corrected chi connectivity index (χ4v) is 6.09. The number of rotatable bonds is 14. The smallest absolute Gasteiger partial charge is 0.258 e. The molecule has 242 valence electrons. The van der Waals surface area contributed by atoms with Gasteiger partial charge in [-0.25, -0.2) is 5.43 Å². The molecule has 0 bridgehead atoms. The summed E-state index contributed by atoms with van der Waals surface area (Å²) in [6.07, 6.45) is 7.66. The summed E-state index contributed by atoms with van der Waals surface area (Å²) in [4.78, 5) is 55.1. The Morgan fingerprint density at radius 1 is 1.11 bits per heavy atom. The third kappa shape index (κ3) is 8.35. The van der Waals surface area contributed by atoms with E-state index in [1.54, 1.807) is 31.9 Å². The molecule has 3 rings (SSSR count).